The van der Waals surface area contributed by atoms with Crippen LogP contribution in [-0.4, -0.2) is 24.0 Å². The van der Waals surface area contributed by atoms with Gasteiger partial charge in [-0.1, -0.05) is 41.4 Å². The topological polar surface area (TPSA) is 68.5 Å². The van der Waals surface area contributed by atoms with Gasteiger partial charge in [-0.2, -0.15) is 0 Å². The van der Waals surface area contributed by atoms with E-state index in [0.717, 1.165) is 48.2 Å². The Morgan fingerprint density at radius 3 is 2.62 bits per heavy atom. The molecule has 1 saturated heterocycles. The van der Waals surface area contributed by atoms with E-state index >= 15 is 0 Å². The molecule has 4 rings (SSSR count). The molecule has 0 spiro atoms. The number of aromatic nitrogens is 1. The van der Waals surface area contributed by atoms with E-state index in [-0.39, 0.29) is 11.8 Å². The summed E-state index contributed by atoms with van der Waals surface area (Å²) in [7, 11) is 0. The van der Waals surface area contributed by atoms with Crippen molar-refractivity contribution in [1.29, 1.82) is 0 Å². The first-order valence-electron chi connectivity index (χ1n) is 9.52. The average molecular weight is 430 g/mol. The molecule has 1 fully saturated rings. The summed E-state index contributed by atoms with van der Waals surface area (Å²) in [5, 5.41) is 2.03. The maximum Gasteiger partial charge on any atom is 0.220 e. The Morgan fingerprint density at radius 1 is 1.10 bits per heavy atom. The molecule has 7 heteroatoms. The van der Waals surface area contributed by atoms with Gasteiger partial charge in [0, 0.05) is 24.4 Å². The van der Waals surface area contributed by atoms with Crippen molar-refractivity contribution in [2.24, 2.45) is 11.7 Å². The smallest absolute Gasteiger partial charge is 0.220 e. The number of ether oxygens (including phenoxy) is 1. The van der Waals surface area contributed by atoms with Gasteiger partial charge in [0.05, 0.1) is 10.0 Å². The lowest BCUT2D eigenvalue weighted by Crippen LogP contribution is -2.38. The third kappa shape index (κ3) is 4.41. The van der Waals surface area contributed by atoms with Crippen molar-refractivity contribution < 1.29 is 9.53 Å². The third-order valence-corrected chi connectivity index (χ3v) is 6.01. The fourth-order valence-electron chi connectivity index (χ4n) is 3.59. The molecule has 29 heavy (non-hydrogen) atoms. The minimum Gasteiger partial charge on any atom is -0.487 e. The number of primary amides is 1. The van der Waals surface area contributed by atoms with Crippen molar-refractivity contribution >= 4 is 45.8 Å². The summed E-state index contributed by atoms with van der Waals surface area (Å²) < 4.78 is 6.05. The van der Waals surface area contributed by atoms with E-state index in [2.05, 4.69) is 4.90 Å². The van der Waals surface area contributed by atoms with Crippen LogP contribution in [0.15, 0.2) is 48.5 Å². The molecule has 0 saturated carbocycles. The van der Waals surface area contributed by atoms with Crippen LogP contribution < -0.4 is 15.4 Å². The van der Waals surface area contributed by atoms with E-state index in [9.17, 15) is 4.79 Å². The number of nitrogens with two attached hydrogens (primary N) is 1. The first-order chi connectivity index (χ1) is 14.0. The highest BCUT2D eigenvalue weighted by Crippen LogP contribution is 2.30. The number of anilines is 1. The first kappa shape index (κ1) is 19.8. The van der Waals surface area contributed by atoms with Gasteiger partial charge in [-0.25, -0.2) is 4.98 Å². The predicted molar refractivity (Wildman–Crippen MR) is 117 cm³/mol. The Morgan fingerprint density at radius 2 is 1.90 bits per heavy atom. The van der Waals surface area contributed by atoms with E-state index in [0.29, 0.717) is 22.4 Å². The number of rotatable bonds is 5. The molecule has 3 aromatic rings. The molecular weight excluding hydrogens is 409 g/mol. The second-order valence-corrected chi connectivity index (χ2v) is 8.01. The lowest BCUT2D eigenvalue weighted by atomic mass is 9.96. The van der Waals surface area contributed by atoms with Crippen LogP contribution in [0.5, 0.6) is 5.75 Å². The van der Waals surface area contributed by atoms with Crippen LogP contribution in [0.1, 0.15) is 18.4 Å². The van der Waals surface area contributed by atoms with Crippen LogP contribution in [0.3, 0.4) is 0 Å². The summed E-state index contributed by atoms with van der Waals surface area (Å²) in [6, 6.07) is 15.4. The third-order valence-electron chi connectivity index (χ3n) is 5.27. The number of halogens is 2. The summed E-state index contributed by atoms with van der Waals surface area (Å²) in [5.41, 5.74) is 7.18. The van der Waals surface area contributed by atoms with Gasteiger partial charge in [0.25, 0.3) is 0 Å². The molecule has 0 bridgehead atoms. The monoisotopic (exact) mass is 429 g/mol. The SMILES string of the molecule is NC(=O)C1CCN(c2ccc3cccc(OCc4ccc(Cl)c(Cl)c4)c3n2)CC1. The lowest BCUT2D eigenvalue weighted by Gasteiger charge is -2.31. The molecule has 0 unspecified atom stereocenters. The summed E-state index contributed by atoms with van der Waals surface area (Å²) in [4.78, 5) is 18.4. The van der Waals surface area contributed by atoms with E-state index in [4.69, 9.17) is 38.7 Å². The second kappa shape index (κ2) is 8.47. The zero-order chi connectivity index (χ0) is 20.4. The number of nitrogens with zero attached hydrogens (tertiary/aromatic N) is 2. The molecule has 1 amide bonds. The van der Waals surface area contributed by atoms with Crippen molar-refractivity contribution in [2.75, 3.05) is 18.0 Å². The normalized spacial score (nSPS) is 14.9. The molecule has 150 valence electrons. The lowest BCUT2D eigenvalue weighted by molar-refractivity contribution is -0.122. The molecular formula is C22H21Cl2N3O2. The van der Waals surface area contributed by atoms with E-state index in [1.54, 1.807) is 12.1 Å². The summed E-state index contributed by atoms with van der Waals surface area (Å²) in [5.74, 6) is 1.33. The highest BCUT2D eigenvalue weighted by atomic mass is 35.5. The molecule has 1 aliphatic rings. The largest absolute Gasteiger partial charge is 0.487 e. The number of benzene rings is 2. The van der Waals surface area contributed by atoms with Gasteiger partial charge in [0.1, 0.15) is 23.7 Å². The molecule has 1 aliphatic heterocycles. The van der Waals surface area contributed by atoms with Gasteiger partial charge >= 0.3 is 0 Å². The molecule has 0 radical (unpaired) electrons. The fourth-order valence-corrected chi connectivity index (χ4v) is 3.91. The zero-order valence-electron chi connectivity index (χ0n) is 15.8. The van der Waals surface area contributed by atoms with E-state index in [1.165, 1.54) is 0 Å². The molecule has 5 nitrogen and oxygen atoms in total. The Balaban J connectivity index is 1.54. The minimum absolute atomic E-state index is 0.0446. The Bertz CT molecular complexity index is 1050. The number of piperidine rings is 1. The Labute approximate surface area is 179 Å². The van der Waals surface area contributed by atoms with Crippen LogP contribution in [0.2, 0.25) is 10.0 Å². The van der Waals surface area contributed by atoms with Gasteiger partial charge in [-0.15, -0.1) is 0 Å². The van der Waals surface area contributed by atoms with Gasteiger partial charge in [0.15, 0.2) is 0 Å². The quantitative estimate of drug-likeness (QED) is 0.630. The van der Waals surface area contributed by atoms with Crippen LogP contribution in [0.25, 0.3) is 10.9 Å². The Hall–Kier alpha value is -2.50. The number of carbonyl (C=O) groups excluding carboxylic acids is 1. The van der Waals surface area contributed by atoms with Gasteiger partial charge < -0.3 is 15.4 Å². The summed E-state index contributed by atoms with van der Waals surface area (Å²) in [6.45, 7) is 1.89. The van der Waals surface area contributed by atoms with Crippen LogP contribution in [0.4, 0.5) is 5.82 Å². The first-order valence-corrected chi connectivity index (χ1v) is 10.3. The maximum atomic E-state index is 11.4. The molecule has 0 aliphatic carbocycles. The van der Waals surface area contributed by atoms with Gasteiger partial charge in [0.2, 0.25) is 5.91 Å². The number of fused-ring (bicyclic) bond motifs is 1. The van der Waals surface area contributed by atoms with Crippen LogP contribution >= 0.6 is 23.2 Å². The van der Waals surface area contributed by atoms with Crippen molar-refractivity contribution in [2.45, 2.75) is 19.4 Å². The van der Waals surface area contributed by atoms with Crippen LogP contribution in [0, 0.1) is 5.92 Å². The zero-order valence-corrected chi connectivity index (χ0v) is 17.3. The second-order valence-electron chi connectivity index (χ2n) is 7.20. The van der Waals surface area contributed by atoms with Crippen molar-refractivity contribution in [1.82, 2.24) is 4.98 Å². The van der Waals surface area contributed by atoms with Gasteiger partial charge in [-0.3, -0.25) is 4.79 Å². The number of hydrogen-bond donors (Lipinski definition) is 1. The highest BCUT2D eigenvalue weighted by Gasteiger charge is 2.24. The number of hydrogen-bond acceptors (Lipinski definition) is 4. The molecule has 2 N–H and O–H groups in total. The molecule has 0 atom stereocenters. The van der Waals surface area contributed by atoms with Gasteiger partial charge in [-0.05, 0) is 48.7 Å². The summed E-state index contributed by atoms with van der Waals surface area (Å²) in [6.07, 6.45) is 1.51. The summed E-state index contributed by atoms with van der Waals surface area (Å²) >= 11 is 12.1. The highest BCUT2D eigenvalue weighted by molar-refractivity contribution is 6.42. The maximum absolute atomic E-state index is 11.4. The fraction of sp³-hybridized carbons (Fsp3) is 0.273. The van der Waals surface area contributed by atoms with Crippen LogP contribution in [-0.2, 0) is 11.4 Å². The number of para-hydroxylation sites is 1. The molecule has 1 aromatic heterocycles. The Kier molecular flexibility index (Phi) is 5.79. The number of pyridine rings is 1. The van der Waals surface area contributed by atoms with E-state index in [1.807, 2.05) is 36.4 Å². The number of carbonyl (C=O) groups is 1. The van der Waals surface area contributed by atoms with E-state index < -0.39 is 0 Å². The molecule has 2 heterocycles. The van der Waals surface area contributed by atoms with Crippen molar-refractivity contribution in [3.8, 4) is 5.75 Å². The standard InChI is InChI=1S/C22H21Cl2N3O2/c23-17-6-4-14(12-18(17)24)13-29-19-3-1-2-15-5-7-20(26-21(15)19)27-10-8-16(9-11-27)22(25)28/h1-7,12,16H,8-11,13H2,(H2,25,28). The number of amides is 1. The van der Waals surface area contributed by atoms with Crippen molar-refractivity contribution in [3.63, 3.8) is 0 Å². The minimum atomic E-state index is -0.214. The average Bonchev–Trinajstić information content (AvgIpc) is 2.74. The predicted octanol–water partition coefficient (Wildman–Crippen LogP) is 4.82. The molecule has 2 aromatic carbocycles. The van der Waals surface area contributed by atoms with Crippen molar-refractivity contribution in [3.05, 3.63) is 64.1 Å².